The summed E-state index contributed by atoms with van der Waals surface area (Å²) in [5.41, 5.74) is 0. The molecule has 0 saturated carbocycles. The van der Waals surface area contributed by atoms with Gasteiger partial charge in [-0.15, -0.1) is 6.58 Å². The molecule has 0 aromatic rings. The molecule has 0 aliphatic carbocycles. The first-order valence-electron chi connectivity index (χ1n) is 4.01. The van der Waals surface area contributed by atoms with Crippen molar-refractivity contribution in [2.45, 2.75) is 19.4 Å². The van der Waals surface area contributed by atoms with E-state index in [4.69, 9.17) is 0 Å². The van der Waals surface area contributed by atoms with Crippen LogP contribution >= 0.6 is 0 Å². The van der Waals surface area contributed by atoms with Crippen LogP contribution in [0.4, 0.5) is 0 Å². The van der Waals surface area contributed by atoms with Crippen LogP contribution in [0.5, 0.6) is 0 Å². The molecule has 0 amide bonds. The maximum absolute atomic E-state index is 10.9. The Morgan fingerprint density at radius 1 is 1.58 bits per heavy atom. The summed E-state index contributed by atoms with van der Waals surface area (Å²) < 4.78 is 21.8. The van der Waals surface area contributed by atoms with Gasteiger partial charge in [0.25, 0.3) is 0 Å². The molecule has 0 bridgehead atoms. The Balaban J connectivity index is 4.03. The highest BCUT2D eigenvalue weighted by Gasteiger charge is 2.11. The average Bonchev–Trinajstić information content (AvgIpc) is 1.84. The second kappa shape index (κ2) is 5.32. The Bertz CT molecular complexity index is 221. The zero-order valence-corrected chi connectivity index (χ0v) is 8.52. The molecule has 0 aromatic carbocycles. The van der Waals surface area contributed by atoms with Gasteiger partial charge in [-0.25, -0.2) is 8.42 Å². The Morgan fingerprint density at radius 3 is 2.50 bits per heavy atom. The van der Waals surface area contributed by atoms with E-state index in [1.165, 1.54) is 6.26 Å². The molecule has 1 N–H and O–H groups in total. The molecule has 0 rings (SSSR count). The monoisotopic (exact) mass is 191 g/mol. The highest BCUT2D eigenvalue weighted by atomic mass is 32.2. The van der Waals surface area contributed by atoms with Crippen LogP contribution in [0.3, 0.4) is 0 Å². The minimum atomic E-state index is -2.88. The fourth-order valence-electron chi connectivity index (χ4n) is 1.07. The summed E-state index contributed by atoms with van der Waals surface area (Å²) in [6.45, 7) is 6.32. The van der Waals surface area contributed by atoms with Crippen LogP contribution in [0, 0.1) is 0 Å². The molecule has 0 heterocycles. The number of rotatable bonds is 6. The normalized spacial score (nSPS) is 14.2. The van der Waals surface area contributed by atoms with Crippen molar-refractivity contribution in [2.24, 2.45) is 0 Å². The van der Waals surface area contributed by atoms with Gasteiger partial charge in [-0.05, 0) is 13.0 Å². The van der Waals surface area contributed by atoms with E-state index in [0.29, 0.717) is 6.42 Å². The molecule has 0 fully saturated rings. The summed E-state index contributed by atoms with van der Waals surface area (Å²) in [7, 11) is -2.88. The van der Waals surface area contributed by atoms with Crippen LogP contribution < -0.4 is 5.32 Å². The van der Waals surface area contributed by atoms with Crippen molar-refractivity contribution in [2.75, 3.05) is 18.6 Å². The van der Waals surface area contributed by atoms with Crippen molar-refractivity contribution in [3.05, 3.63) is 12.7 Å². The standard InChI is InChI=1S/C8H17NO2S/c1-4-6-8(9-5-2)7-12(3,10)11/h4,8-9H,1,5-7H2,2-3H3. The van der Waals surface area contributed by atoms with Gasteiger partial charge in [-0.1, -0.05) is 13.0 Å². The third-order valence-corrected chi connectivity index (χ3v) is 2.46. The van der Waals surface area contributed by atoms with E-state index in [1.54, 1.807) is 6.08 Å². The lowest BCUT2D eigenvalue weighted by molar-refractivity contribution is 0.551. The van der Waals surface area contributed by atoms with Gasteiger partial charge < -0.3 is 5.32 Å². The quantitative estimate of drug-likeness (QED) is 0.625. The lowest BCUT2D eigenvalue weighted by Gasteiger charge is -2.13. The minimum Gasteiger partial charge on any atom is -0.313 e. The van der Waals surface area contributed by atoms with E-state index in [1.807, 2.05) is 6.92 Å². The van der Waals surface area contributed by atoms with Gasteiger partial charge in [0, 0.05) is 12.3 Å². The average molecular weight is 191 g/mol. The zero-order chi connectivity index (χ0) is 9.61. The SMILES string of the molecule is C=CCC(CS(C)(=O)=O)NCC. The number of hydrogen-bond acceptors (Lipinski definition) is 3. The molecule has 12 heavy (non-hydrogen) atoms. The Labute approximate surface area is 74.8 Å². The predicted molar refractivity (Wildman–Crippen MR) is 52.0 cm³/mol. The molecular weight excluding hydrogens is 174 g/mol. The van der Waals surface area contributed by atoms with E-state index in [-0.39, 0.29) is 11.8 Å². The molecule has 0 saturated heterocycles. The molecule has 0 aliphatic heterocycles. The first-order valence-corrected chi connectivity index (χ1v) is 6.07. The number of nitrogens with one attached hydrogen (secondary N) is 1. The van der Waals surface area contributed by atoms with E-state index in [2.05, 4.69) is 11.9 Å². The predicted octanol–water partition coefficient (Wildman–Crippen LogP) is 0.585. The second-order valence-corrected chi connectivity index (χ2v) is 5.06. The molecule has 0 aliphatic rings. The van der Waals surface area contributed by atoms with Gasteiger partial charge in [0.15, 0.2) is 0 Å². The van der Waals surface area contributed by atoms with Gasteiger partial charge in [0.1, 0.15) is 9.84 Å². The Hall–Kier alpha value is -0.350. The molecule has 1 atom stereocenters. The molecule has 0 aromatic heterocycles. The highest BCUT2D eigenvalue weighted by molar-refractivity contribution is 7.90. The summed E-state index contributed by atoms with van der Waals surface area (Å²) in [5, 5.41) is 3.09. The minimum absolute atomic E-state index is 0.0162. The third-order valence-electron chi connectivity index (χ3n) is 1.45. The molecule has 72 valence electrons. The summed E-state index contributed by atoms with van der Waals surface area (Å²) in [6, 6.07) is 0.0162. The number of sulfone groups is 1. The van der Waals surface area contributed by atoms with E-state index in [0.717, 1.165) is 6.54 Å². The lowest BCUT2D eigenvalue weighted by Crippen LogP contribution is -2.34. The van der Waals surface area contributed by atoms with Crippen molar-refractivity contribution >= 4 is 9.84 Å². The van der Waals surface area contributed by atoms with Crippen LogP contribution in [0.1, 0.15) is 13.3 Å². The lowest BCUT2D eigenvalue weighted by atomic mass is 10.2. The van der Waals surface area contributed by atoms with Crippen molar-refractivity contribution in [1.29, 1.82) is 0 Å². The van der Waals surface area contributed by atoms with Crippen molar-refractivity contribution < 1.29 is 8.42 Å². The molecule has 4 heteroatoms. The highest BCUT2D eigenvalue weighted by Crippen LogP contribution is 1.97. The van der Waals surface area contributed by atoms with Gasteiger partial charge in [-0.3, -0.25) is 0 Å². The molecule has 0 spiro atoms. The van der Waals surface area contributed by atoms with Crippen molar-refractivity contribution in [3.63, 3.8) is 0 Å². The van der Waals surface area contributed by atoms with Crippen LogP contribution in [0.2, 0.25) is 0 Å². The zero-order valence-electron chi connectivity index (χ0n) is 7.71. The largest absolute Gasteiger partial charge is 0.313 e. The summed E-state index contributed by atoms with van der Waals surface area (Å²) in [6.07, 6.45) is 3.68. The number of hydrogen-bond donors (Lipinski definition) is 1. The topological polar surface area (TPSA) is 46.2 Å². The molecule has 1 unspecified atom stereocenters. The van der Waals surface area contributed by atoms with Crippen LogP contribution in [-0.2, 0) is 9.84 Å². The Morgan fingerprint density at radius 2 is 2.17 bits per heavy atom. The second-order valence-electron chi connectivity index (χ2n) is 2.87. The fourth-order valence-corrected chi connectivity index (χ4v) is 2.05. The smallest absolute Gasteiger partial charge is 0.148 e. The van der Waals surface area contributed by atoms with E-state index in [9.17, 15) is 8.42 Å². The Kier molecular flexibility index (Phi) is 5.17. The molecule has 0 radical (unpaired) electrons. The van der Waals surface area contributed by atoms with Gasteiger partial charge >= 0.3 is 0 Å². The van der Waals surface area contributed by atoms with Gasteiger partial charge in [0.05, 0.1) is 5.75 Å². The van der Waals surface area contributed by atoms with Gasteiger partial charge in [-0.2, -0.15) is 0 Å². The van der Waals surface area contributed by atoms with Crippen LogP contribution in [-0.4, -0.2) is 33.0 Å². The van der Waals surface area contributed by atoms with Crippen molar-refractivity contribution in [1.82, 2.24) is 5.32 Å². The maximum atomic E-state index is 10.9. The van der Waals surface area contributed by atoms with E-state index < -0.39 is 9.84 Å². The summed E-state index contributed by atoms with van der Waals surface area (Å²) in [4.78, 5) is 0. The first-order chi connectivity index (χ1) is 5.49. The van der Waals surface area contributed by atoms with Crippen LogP contribution in [0.25, 0.3) is 0 Å². The summed E-state index contributed by atoms with van der Waals surface area (Å²) in [5.74, 6) is 0.187. The van der Waals surface area contributed by atoms with Crippen molar-refractivity contribution in [3.8, 4) is 0 Å². The maximum Gasteiger partial charge on any atom is 0.148 e. The summed E-state index contributed by atoms with van der Waals surface area (Å²) >= 11 is 0. The fraction of sp³-hybridized carbons (Fsp3) is 0.750. The first kappa shape index (κ1) is 11.6. The molecule has 3 nitrogen and oxygen atoms in total. The molecular formula is C8H17NO2S. The van der Waals surface area contributed by atoms with Gasteiger partial charge in [0.2, 0.25) is 0 Å². The van der Waals surface area contributed by atoms with Crippen LogP contribution in [0.15, 0.2) is 12.7 Å². The third kappa shape index (κ3) is 6.37. The van der Waals surface area contributed by atoms with E-state index >= 15 is 0 Å².